The van der Waals surface area contributed by atoms with E-state index in [1.165, 1.54) is 43.9 Å². The summed E-state index contributed by atoms with van der Waals surface area (Å²) in [5, 5.41) is 3.66. The molecule has 1 aliphatic rings. The van der Waals surface area contributed by atoms with Crippen molar-refractivity contribution in [3.05, 3.63) is 35.4 Å². The second-order valence-corrected chi connectivity index (χ2v) is 6.00. The van der Waals surface area contributed by atoms with Gasteiger partial charge in [0.15, 0.2) is 0 Å². The summed E-state index contributed by atoms with van der Waals surface area (Å²) in [6, 6.07) is 9.46. The van der Waals surface area contributed by atoms with Crippen molar-refractivity contribution in [2.45, 2.75) is 64.0 Å². The van der Waals surface area contributed by atoms with Gasteiger partial charge < -0.3 is 10.1 Å². The van der Waals surface area contributed by atoms with Crippen LogP contribution in [0, 0.1) is 0 Å². The highest BCUT2D eigenvalue weighted by molar-refractivity contribution is 5.70. The Morgan fingerprint density at radius 1 is 1.24 bits per heavy atom. The predicted octanol–water partition coefficient (Wildman–Crippen LogP) is 3.26. The number of benzene rings is 1. The SMILES string of the molecule is CCc1ccc(CC(CC(=O)OC)NC2CCCC2)cc1. The highest BCUT2D eigenvalue weighted by Crippen LogP contribution is 2.20. The van der Waals surface area contributed by atoms with Gasteiger partial charge in [-0.2, -0.15) is 0 Å². The van der Waals surface area contributed by atoms with Crippen molar-refractivity contribution in [3.63, 3.8) is 0 Å². The van der Waals surface area contributed by atoms with Gasteiger partial charge in [-0.1, -0.05) is 44.0 Å². The van der Waals surface area contributed by atoms with E-state index < -0.39 is 0 Å². The van der Waals surface area contributed by atoms with Gasteiger partial charge in [0.1, 0.15) is 0 Å². The van der Waals surface area contributed by atoms with Crippen LogP contribution < -0.4 is 5.32 Å². The van der Waals surface area contributed by atoms with E-state index in [1.54, 1.807) is 0 Å². The number of methoxy groups -OCH3 is 1. The number of ether oxygens (including phenoxy) is 1. The summed E-state index contributed by atoms with van der Waals surface area (Å²) in [6.45, 7) is 2.16. The molecule has 0 aliphatic heterocycles. The average Bonchev–Trinajstić information content (AvgIpc) is 3.00. The second kappa shape index (κ2) is 8.18. The molecule has 0 aromatic heterocycles. The number of nitrogens with one attached hydrogen (secondary N) is 1. The van der Waals surface area contributed by atoms with Crippen LogP contribution in [0.15, 0.2) is 24.3 Å². The molecular formula is C18H27NO2. The fourth-order valence-corrected chi connectivity index (χ4v) is 3.10. The normalized spacial score (nSPS) is 16.9. The van der Waals surface area contributed by atoms with Gasteiger partial charge in [0.2, 0.25) is 0 Å². The zero-order valence-electron chi connectivity index (χ0n) is 13.2. The summed E-state index contributed by atoms with van der Waals surface area (Å²) in [6.07, 6.45) is 7.45. The van der Waals surface area contributed by atoms with Crippen LogP contribution in [-0.4, -0.2) is 25.2 Å². The van der Waals surface area contributed by atoms with E-state index in [-0.39, 0.29) is 12.0 Å². The predicted molar refractivity (Wildman–Crippen MR) is 85.3 cm³/mol. The Morgan fingerprint density at radius 2 is 1.86 bits per heavy atom. The maximum atomic E-state index is 11.6. The number of rotatable bonds is 7. The Labute approximate surface area is 128 Å². The lowest BCUT2D eigenvalue weighted by molar-refractivity contribution is -0.141. The third kappa shape index (κ3) is 5.16. The van der Waals surface area contributed by atoms with E-state index in [1.807, 2.05) is 0 Å². The first-order valence-electron chi connectivity index (χ1n) is 8.12. The number of hydrogen-bond acceptors (Lipinski definition) is 3. The van der Waals surface area contributed by atoms with E-state index in [2.05, 4.69) is 36.5 Å². The maximum absolute atomic E-state index is 11.6. The molecule has 1 aliphatic carbocycles. The van der Waals surface area contributed by atoms with Crippen LogP contribution in [0.5, 0.6) is 0 Å². The van der Waals surface area contributed by atoms with Crippen molar-refractivity contribution in [1.82, 2.24) is 5.32 Å². The highest BCUT2D eigenvalue weighted by atomic mass is 16.5. The molecule has 3 nitrogen and oxygen atoms in total. The molecule has 1 aromatic rings. The monoisotopic (exact) mass is 289 g/mol. The third-order valence-electron chi connectivity index (χ3n) is 4.38. The largest absolute Gasteiger partial charge is 0.469 e. The molecule has 1 unspecified atom stereocenters. The van der Waals surface area contributed by atoms with Crippen molar-refractivity contribution in [2.75, 3.05) is 7.11 Å². The maximum Gasteiger partial charge on any atom is 0.307 e. The molecule has 0 bridgehead atoms. The van der Waals surface area contributed by atoms with Crippen LogP contribution in [0.2, 0.25) is 0 Å². The summed E-state index contributed by atoms with van der Waals surface area (Å²) in [4.78, 5) is 11.6. The molecular weight excluding hydrogens is 262 g/mol. The van der Waals surface area contributed by atoms with Gasteiger partial charge in [-0.05, 0) is 36.8 Å². The minimum absolute atomic E-state index is 0.129. The number of esters is 1. The molecule has 0 heterocycles. The van der Waals surface area contributed by atoms with Crippen molar-refractivity contribution < 1.29 is 9.53 Å². The first kappa shape index (κ1) is 16.0. The molecule has 3 heteroatoms. The molecule has 1 N–H and O–H groups in total. The molecule has 0 saturated heterocycles. The molecule has 1 saturated carbocycles. The average molecular weight is 289 g/mol. The summed E-state index contributed by atoms with van der Waals surface area (Å²) in [5.74, 6) is -0.129. The minimum Gasteiger partial charge on any atom is -0.469 e. The number of carbonyl (C=O) groups excluding carboxylic acids is 1. The van der Waals surface area contributed by atoms with E-state index in [0.29, 0.717) is 12.5 Å². The minimum atomic E-state index is -0.129. The summed E-state index contributed by atoms with van der Waals surface area (Å²) < 4.78 is 4.84. The van der Waals surface area contributed by atoms with Gasteiger partial charge in [-0.3, -0.25) is 4.79 Å². The lowest BCUT2D eigenvalue weighted by Crippen LogP contribution is -2.39. The van der Waals surface area contributed by atoms with E-state index in [0.717, 1.165) is 12.8 Å². The molecule has 0 spiro atoms. The first-order valence-corrected chi connectivity index (χ1v) is 8.12. The summed E-state index contributed by atoms with van der Waals surface area (Å²) in [5.41, 5.74) is 2.64. The van der Waals surface area contributed by atoms with Crippen LogP contribution in [0.4, 0.5) is 0 Å². The van der Waals surface area contributed by atoms with E-state index in [9.17, 15) is 4.79 Å². The van der Waals surface area contributed by atoms with Gasteiger partial charge in [-0.25, -0.2) is 0 Å². The van der Waals surface area contributed by atoms with Crippen LogP contribution in [-0.2, 0) is 22.4 Å². The molecule has 1 atom stereocenters. The molecule has 0 radical (unpaired) electrons. The Kier molecular flexibility index (Phi) is 6.24. The van der Waals surface area contributed by atoms with Gasteiger partial charge in [0.05, 0.1) is 13.5 Å². The van der Waals surface area contributed by atoms with Crippen LogP contribution in [0.3, 0.4) is 0 Å². The molecule has 116 valence electrons. The fourth-order valence-electron chi connectivity index (χ4n) is 3.10. The number of hydrogen-bond donors (Lipinski definition) is 1. The van der Waals surface area contributed by atoms with Gasteiger partial charge in [0.25, 0.3) is 0 Å². The Balaban J connectivity index is 1.97. The smallest absolute Gasteiger partial charge is 0.307 e. The van der Waals surface area contributed by atoms with Gasteiger partial charge in [0, 0.05) is 12.1 Å². The zero-order valence-corrected chi connectivity index (χ0v) is 13.2. The van der Waals surface area contributed by atoms with Gasteiger partial charge >= 0.3 is 5.97 Å². The van der Waals surface area contributed by atoms with Crippen molar-refractivity contribution >= 4 is 5.97 Å². The first-order chi connectivity index (χ1) is 10.2. The Bertz CT molecular complexity index is 435. The molecule has 1 fully saturated rings. The topological polar surface area (TPSA) is 38.3 Å². The van der Waals surface area contributed by atoms with Crippen LogP contribution >= 0.6 is 0 Å². The van der Waals surface area contributed by atoms with E-state index in [4.69, 9.17) is 4.74 Å². The van der Waals surface area contributed by atoms with Crippen molar-refractivity contribution in [3.8, 4) is 0 Å². The number of carbonyl (C=O) groups is 1. The lowest BCUT2D eigenvalue weighted by atomic mass is 10.0. The molecule has 0 amide bonds. The molecule has 1 aromatic carbocycles. The summed E-state index contributed by atoms with van der Waals surface area (Å²) in [7, 11) is 1.46. The number of aryl methyl sites for hydroxylation is 1. The van der Waals surface area contributed by atoms with E-state index >= 15 is 0 Å². The Hall–Kier alpha value is -1.35. The molecule has 21 heavy (non-hydrogen) atoms. The third-order valence-corrected chi connectivity index (χ3v) is 4.38. The standard InChI is InChI=1S/C18H27NO2/c1-3-14-8-10-15(11-9-14)12-17(13-18(20)21-2)19-16-6-4-5-7-16/h8-11,16-17,19H,3-7,12-13H2,1-2H3. The zero-order chi connectivity index (χ0) is 15.1. The van der Waals surface area contributed by atoms with Crippen molar-refractivity contribution in [2.24, 2.45) is 0 Å². The lowest BCUT2D eigenvalue weighted by Gasteiger charge is -2.22. The quantitative estimate of drug-likeness (QED) is 0.783. The van der Waals surface area contributed by atoms with Crippen molar-refractivity contribution in [1.29, 1.82) is 0 Å². The van der Waals surface area contributed by atoms with Crippen LogP contribution in [0.1, 0.15) is 50.2 Å². The summed E-state index contributed by atoms with van der Waals surface area (Å²) >= 11 is 0. The Morgan fingerprint density at radius 3 is 2.43 bits per heavy atom. The second-order valence-electron chi connectivity index (χ2n) is 6.00. The molecule has 2 rings (SSSR count). The highest BCUT2D eigenvalue weighted by Gasteiger charge is 2.21. The fraction of sp³-hybridized carbons (Fsp3) is 0.611. The van der Waals surface area contributed by atoms with Gasteiger partial charge in [-0.15, -0.1) is 0 Å². The van der Waals surface area contributed by atoms with Crippen LogP contribution in [0.25, 0.3) is 0 Å².